The van der Waals surface area contributed by atoms with Gasteiger partial charge in [0.05, 0.1) is 0 Å². The number of aromatic carboxylic acids is 1. The summed E-state index contributed by atoms with van der Waals surface area (Å²) in [6.07, 6.45) is 1.72. The lowest BCUT2D eigenvalue weighted by Gasteiger charge is -2.31. The van der Waals surface area contributed by atoms with Crippen molar-refractivity contribution in [1.82, 2.24) is 4.90 Å². The summed E-state index contributed by atoms with van der Waals surface area (Å²) in [6, 6.07) is 10.5. The Labute approximate surface area is 138 Å². The molecule has 2 aromatic rings. The van der Waals surface area contributed by atoms with Crippen molar-refractivity contribution >= 4 is 23.5 Å². The number of piperidine rings is 1. The van der Waals surface area contributed by atoms with Gasteiger partial charge in [-0.2, -0.15) is 0 Å². The number of hydrogen-bond acceptors (Lipinski definition) is 3. The van der Waals surface area contributed by atoms with E-state index in [4.69, 9.17) is 21.1 Å². The highest BCUT2D eigenvalue weighted by Gasteiger charge is 2.26. The summed E-state index contributed by atoms with van der Waals surface area (Å²) < 4.78 is 5.08. The van der Waals surface area contributed by atoms with Gasteiger partial charge in [0.1, 0.15) is 0 Å². The Morgan fingerprint density at radius 1 is 1.04 bits per heavy atom. The number of carbonyl (C=O) groups is 2. The lowest BCUT2D eigenvalue weighted by molar-refractivity contribution is 0.0639. The van der Waals surface area contributed by atoms with Gasteiger partial charge in [-0.05, 0) is 48.6 Å². The summed E-state index contributed by atoms with van der Waals surface area (Å²) in [5, 5.41) is 9.56. The quantitative estimate of drug-likeness (QED) is 0.930. The molecule has 1 fully saturated rings. The third-order valence-corrected chi connectivity index (χ3v) is 4.40. The number of nitrogens with zero attached hydrogens (tertiary/aromatic N) is 1. The fourth-order valence-corrected chi connectivity index (χ4v) is 3.00. The second-order valence-corrected chi connectivity index (χ2v) is 6.02. The largest absolute Gasteiger partial charge is 0.475 e. The summed E-state index contributed by atoms with van der Waals surface area (Å²) in [7, 11) is 0. The van der Waals surface area contributed by atoms with Gasteiger partial charge >= 0.3 is 5.97 Å². The van der Waals surface area contributed by atoms with E-state index in [-0.39, 0.29) is 17.4 Å². The number of furan rings is 1. The van der Waals surface area contributed by atoms with Gasteiger partial charge in [0.2, 0.25) is 5.76 Å². The van der Waals surface area contributed by atoms with Gasteiger partial charge in [-0.3, -0.25) is 4.79 Å². The van der Waals surface area contributed by atoms with Crippen molar-refractivity contribution in [2.45, 2.75) is 18.8 Å². The number of amides is 1. The molecule has 0 atom stereocenters. The van der Waals surface area contributed by atoms with Crippen LogP contribution in [0.3, 0.4) is 0 Å². The van der Waals surface area contributed by atoms with Crippen LogP contribution in [0.5, 0.6) is 0 Å². The van der Waals surface area contributed by atoms with Crippen LogP contribution in [0.2, 0.25) is 5.02 Å². The molecule has 2 heterocycles. The second kappa shape index (κ2) is 6.46. The maximum absolute atomic E-state index is 12.3. The number of carbonyl (C=O) groups excluding carboxylic acids is 1. The Morgan fingerprint density at radius 3 is 2.22 bits per heavy atom. The molecule has 5 nitrogen and oxygen atoms in total. The van der Waals surface area contributed by atoms with Crippen molar-refractivity contribution < 1.29 is 19.1 Å². The van der Waals surface area contributed by atoms with Crippen LogP contribution < -0.4 is 0 Å². The minimum Gasteiger partial charge on any atom is -0.475 e. The Morgan fingerprint density at radius 2 is 1.65 bits per heavy atom. The number of hydrogen-bond donors (Lipinski definition) is 1. The maximum Gasteiger partial charge on any atom is 0.371 e. The predicted molar refractivity (Wildman–Crippen MR) is 85.0 cm³/mol. The second-order valence-electron chi connectivity index (χ2n) is 5.59. The Hall–Kier alpha value is -2.27. The van der Waals surface area contributed by atoms with E-state index in [0.717, 1.165) is 12.8 Å². The normalized spacial score (nSPS) is 15.6. The number of halogens is 1. The lowest BCUT2D eigenvalue weighted by Crippen LogP contribution is -2.37. The summed E-state index contributed by atoms with van der Waals surface area (Å²) in [4.78, 5) is 24.9. The summed E-state index contributed by atoms with van der Waals surface area (Å²) in [5.41, 5.74) is 1.23. The monoisotopic (exact) mass is 333 g/mol. The third kappa shape index (κ3) is 3.40. The molecule has 1 saturated heterocycles. The van der Waals surface area contributed by atoms with Crippen molar-refractivity contribution in [3.8, 4) is 0 Å². The van der Waals surface area contributed by atoms with Gasteiger partial charge in [-0.15, -0.1) is 0 Å². The van der Waals surface area contributed by atoms with E-state index in [1.54, 1.807) is 4.90 Å². The zero-order chi connectivity index (χ0) is 16.4. The molecule has 1 aliphatic heterocycles. The first kappa shape index (κ1) is 15.6. The van der Waals surface area contributed by atoms with Gasteiger partial charge in [-0.25, -0.2) is 4.79 Å². The van der Waals surface area contributed by atoms with E-state index in [2.05, 4.69) is 0 Å². The van der Waals surface area contributed by atoms with Crippen LogP contribution in [0.15, 0.2) is 40.8 Å². The Bertz CT molecular complexity index is 714. The van der Waals surface area contributed by atoms with Crippen LogP contribution >= 0.6 is 11.6 Å². The van der Waals surface area contributed by atoms with Crippen molar-refractivity contribution in [3.63, 3.8) is 0 Å². The fourth-order valence-electron chi connectivity index (χ4n) is 2.87. The molecular formula is C17H16ClNO4. The van der Waals surface area contributed by atoms with E-state index in [9.17, 15) is 9.59 Å². The van der Waals surface area contributed by atoms with Crippen LogP contribution in [0, 0.1) is 0 Å². The summed E-state index contributed by atoms with van der Waals surface area (Å²) >= 11 is 5.90. The molecule has 0 aliphatic carbocycles. The topological polar surface area (TPSA) is 70.8 Å². The number of benzene rings is 1. The van der Waals surface area contributed by atoms with Crippen molar-refractivity contribution in [2.75, 3.05) is 13.1 Å². The maximum atomic E-state index is 12.3. The molecule has 0 unspecified atom stereocenters. The molecule has 0 spiro atoms. The minimum absolute atomic E-state index is 0.0762. The van der Waals surface area contributed by atoms with Gasteiger partial charge in [0.25, 0.3) is 5.91 Å². The first-order valence-electron chi connectivity index (χ1n) is 7.42. The Kier molecular flexibility index (Phi) is 4.39. The highest BCUT2D eigenvalue weighted by atomic mass is 35.5. The highest BCUT2D eigenvalue weighted by molar-refractivity contribution is 6.30. The molecule has 0 radical (unpaired) electrons. The molecule has 1 aromatic heterocycles. The molecule has 1 aromatic carbocycles. The van der Waals surface area contributed by atoms with Crippen LogP contribution in [-0.2, 0) is 0 Å². The molecular weight excluding hydrogens is 318 g/mol. The molecule has 120 valence electrons. The smallest absolute Gasteiger partial charge is 0.371 e. The molecule has 6 heteroatoms. The van der Waals surface area contributed by atoms with Gasteiger partial charge in [0.15, 0.2) is 5.76 Å². The van der Waals surface area contributed by atoms with Gasteiger partial charge < -0.3 is 14.4 Å². The number of carboxylic acid groups (broad SMARTS) is 1. The van der Waals surface area contributed by atoms with Gasteiger partial charge in [-0.1, -0.05) is 23.7 Å². The molecule has 1 amide bonds. The predicted octanol–water partition coefficient (Wildman–Crippen LogP) is 3.65. The molecule has 0 saturated carbocycles. The SMILES string of the molecule is O=C(O)c1ccc(C(=O)N2CCC(c3ccc(Cl)cc3)CC2)o1. The highest BCUT2D eigenvalue weighted by Crippen LogP contribution is 2.29. The number of likely N-dealkylation sites (tertiary alicyclic amines) is 1. The van der Waals surface area contributed by atoms with Crippen LogP contribution in [0.1, 0.15) is 45.4 Å². The standard InChI is InChI=1S/C17H16ClNO4/c18-13-3-1-11(2-4-13)12-7-9-19(10-8-12)16(20)14-5-6-15(23-14)17(21)22/h1-6,12H,7-10H2,(H,21,22). The zero-order valence-corrected chi connectivity index (χ0v) is 13.1. The number of rotatable bonds is 3. The third-order valence-electron chi connectivity index (χ3n) is 4.15. The van der Waals surface area contributed by atoms with Crippen molar-refractivity contribution in [1.29, 1.82) is 0 Å². The summed E-state index contributed by atoms with van der Waals surface area (Å²) in [5.74, 6) is -1.17. The lowest BCUT2D eigenvalue weighted by atomic mass is 9.89. The zero-order valence-electron chi connectivity index (χ0n) is 12.4. The van der Waals surface area contributed by atoms with Crippen LogP contribution in [0.4, 0.5) is 0 Å². The molecule has 0 bridgehead atoms. The first-order chi connectivity index (χ1) is 11.0. The van der Waals surface area contributed by atoms with E-state index in [1.807, 2.05) is 24.3 Å². The first-order valence-corrected chi connectivity index (χ1v) is 7.80. The van der Waals surface area contributed by atoms with E-state index >= 15 is 0 Å². The van der Waals surface area contributed by atoms with Crippen LogP contribution in [-0.4, -0.2) is 35.0 Å². The molecule has 1 N–H and O–H groups in total. The number of carboxylic acids is 1. The minimum atomic E-state index is -1.18. The van der Waals surface area contributed by atoms with E-state index in [1.165, 1.54) is 17.7 Å². The molecule has 3 rings (SSSR count). The van der Waals surface area contributed by atoms with Crippen molar-refractivity contribution in [2.24, 2.45) is 0 Å². The summed E-state index contributed by atoms with van der Waals surface area (Å²) in [6.45, 7) is 1.24. The van der Waals surface area contributed by atoms with Crippen LogP contribution in [0.25, 0.3) is 0 Å². The van der Waals surface area contributed by atoms with Crippen molar-refractivity contribution in [3.05, 3.63) is 58.5 Å². The molecule has 23 heavy (non-hydrogen) atoms. The van der Waals surface area contributed by atoms with E-state index in [0.29, 0.717) is 24.0 Å². The van der Waals surface area contributed by atoms with E-state index < -0.39 is 5.97 Å². The Balaban J connectivity index is 1.62. The fraction of sp³-hybridized carbons (Fsp3) is 0.294. The van der Waals surface area contributed by atoms with Gasteiger partial charge in [0, 0.05) is 18.1 Å². The average Bonchev–Trinajstić information content (AvgIpc) is 3.05. The average molecular weight is 334 g/mol. The molecule has 1 aliphatic rings.